The minimum absolute atomic E-state index is 0. The molecule has 0 spiro atoms. The highest BCUT2D eigenvalue weighted by Crippen LogP contribution is 2.20. The molecule has 21 heavy (non-hydrogen) atoms. The lowest BCUT2D eigenvalue weighted by Gasteiger charge is -2.37. The van der Waals surface area contributed by atoms with Gasteiger partial charge in [-0.15, -0.1) is 24.0 Å². The van der Waals surface area contributed by atoms with Crippen LogP contribution >= 0.6 is 24.0 Å². The average molecular weight is 411 g/mol. The van der Waals surface area contributed by atoms with Crippen LogP contribution in [0.15, 0.2) is 4.99 Å². The van der Waals surface area contributed by atoms with Crippen molar-refractivity contribution < 1.29 is 4.74 Å². The summed E-state index contributed by atoms with van der Waals surface area (Å²) in [5.74, 6) is 3.18. The third-order valence-electron chi connectivity index (χ3n) is 3.58. The van der Waals surface area contributed by atoms with Gasteiger partial charge < -0.3 is 15.0 Å². The Morgan fingerprint density at radius 1 is 1.29 bits per heavy atom. The van der Waals surface area contributed by atoms with E-state index in [0.29, 0.717) is 5.92 Å². The molecule has 4 nitrogen and oxygen atoms in total. The summed E-state index contributed by atoms with van der Waals surface area (Å²) in [7, 11) is 1.88. The van der Waals surface area contributed by atoms with Crippen LogP contribution in [0.25, 0.3) is 0 Å². The van der Waals surface area contributed by atoms with Gasteiger partial charge in [-0.3, -0.25) is 4.99 Å². The zero-order valence-electron chi connectivity index (χ0n) is 14.4. The van der Waals surface area contributed by atoms with Crippen molar-refractivity contribution in [2.75, 3.05) is 39.9 Å². The number of hydrogen-bond donors (Lipinski definition) is 1. The third kappa shape index (κ3) is 8.86. The Morgan fingerprint density at radius 3 is 2.43 bits per heavy atom. The molecule has 0 aromatic rings. The molecule has 1 aliphatic heterocycles. The molecule has 1 saturated heterocycles. The van der Waals surface area contributed by atoms with Gasteiger partial charge in [0, 0.05) is 39.9 Å². The predicted molar refractivity (Wildman–Crippen MR) is 102 cm³/mol. The Labute approximate surface area is 148 Å². The second kappa shape index (κ2) is 11.5. The van der Waals surface area contributed by atoms with E-state index in [1.54, 1.807) is 0 Å². The quantitative estimate of drug-likeness (QED) is 0.316. The Bertz CT molecular complexity index is 287. The van der Waals surface area contributed by atoms with Crippen LogP contribution in [0, 0.1) is 17.8 Å². The first-order valence-electron chi connectivity index (χ1n) is 8.06. The Kier molecular flexibility index (Phi) is 11.5. The van der Waals surface area contributed by atoms with Gasteiger partial charge in [0.05, 0.1) is 0 Å². The van der Waals surface area contributed by atoms with Crippen molar-refractivity contribution in [1.29, 1.82) is 0 Å². The topological polar surface area (TPSA) is 36.9 Å². The number of piperidine rings is 1. The summed E-state index contributed by atoms with van der Waals surface area (Å²) in [6.45, 7) is 13.9. The van der Waals surface area contributed by atoms with E-state index in [0.717, 1.165) is 57.1 Å². The van der Waals surface area contributed by atoms with Gasteiger partial charge in [0.2, 0.25) is 0 Å². The van der Waals surface area contributed by atoms with E-state index in [4.69, 9.17) is 4.74 Å². The largest absolute Gasteiger partial charge is 0.381 e. The lowest BCUT2D eigenvalue weighted by atomic mass is 9.92. The van der Waals surface area contributed by atoms with Crippen LogP contribution in [-0.4, -0.2) is 50.8 Å². The van der Waals surface area contributed by atoms with Crippen molar-refractivity contribution in [3.05, 3.63) is 0 Å². The molecule has 1 aliphatic rings. The predicted octanol–water partition coefficient (Wildman–Crippen LogP) is 3.22. The van der Waals surface area contributed by atoms with E-state index < -0.39 is 0 Å². The molecular weight excluding hydrogens is 377 g/mol. The summed E-state index contributed by atoms with van der Waals surface area (Å²) in [5, 5.41) is 3.46. The minimum atomic E-state index is 0. The molecule has 1 rings (SSSR count). The van der Waals surface area contributed by atoms with E-state index in [1.165, 1.54) is 6.42 Å². The van der Waals surface area contributed by atoms with Crippen LogP contribution in [0.3, 0.4) is 0 Å². The maximum absolute atomic E-state index is 5.60. The van der Waals surface area contributed by atoms with Crippen molar-refractivity contribution in [1.82, 2.24) is 10.2 Å². The fourth-order valence-corrected chi connectivity index (χ4v) is 2.86. The molecule has 0 aliphatic carbocycles. The smallest absolute Gasteiger partial charge is 0.193 e. The summed E-state index contributed by atoms with van der Waals surface area (Å²) < 4.78 is 5.60. The van der Waals surface area contributed by atoms with E-state index in [1.807, 2.05) is 7.05 Å². The molecule has 1 N–H and O–H groups in total. The summed E-state index contributed by atoms with van der Waals surface area (Å²) >= 11 is 0. The number of rotatable bonds is 6. The van der Waals surface area contributed by atoms with E-state index >= 15 is 0 Å². The zero-order chi connectivity index (χ0) is 15.0. The highest BCUT2D eigenvalue weighted by atomic mass is 127. The van der Waals surface area contributed by atoms with Gasteiger partial charge >= 0.3 is 0 Å². The highest BCUT2D eigenvalue weighted by Gasteiger charge is 2.23. The lowest BCUT2D eigenvalue weighted by Crippen LogP contribution is -2.48. The Hall–Kier alpha value is -0.0400. The van der Waals surface area contributed by atoms with E-state index in [-0.39, 0.29) is 24.0 Å². The molecule has 1 heterocycles. The average Bonchev–Trinajstić information content (AvgIpc) is 2.36. The van der Waals surface area contributed by atoms with Crippen molar-refractivity contribution in [3.8, 4) is 0 Å². The maximum atomic E-state index is 5.60. The van der Waals surface area contributed by atoms with Gasteiger partial charge in [-0.25, -0.2) is 0 Å². The summed E-state index contributed by atoms with van der Waals surface area (Å²) in [5.41, 5.74) is 0. The molecule has 2 atom stereocenters. The number of aliphatic imine (C=N–C) groups is 1. The van der Waals surface area contributed by atoms with Gasteiger partial charge in [0.1, 0.15) is 0 Å². The molecule has 1 fully saturated rings. The van der Waals surface area contributed by atoms with Crippen LogP contribution in [0.5, 0.6) is 0 Å². The van der Waals surface area contributed by atoms with Crippen LogP contribution in [0.1, 0.15) is 40.5 Å². The van der Waals surface area contributed by atoms with Gasteiger partial charge in [0.25, 0.3) is 0 Å². The first-order valence-corrected chi connectivity index (χ1v) is 8.06. The lowest BCUT2D eigenvalue weighted by molar-refractivity contribution is 0.108. The molecule has 0 amide bonds. The van der Waals surface area contributed by atoms with Gasteiger partial charge in [0.15, 0.2) is 5.96 Å². The molecule has 5 heteroatoms. The minimum Gasteiger partial charge on any atom is -0.381 e. The highest BCUT2D eigenvalue weighted by molar-refractivity contribution is 14.0. The van der Waals surface area contributed by atoms with E-state index in [9.17, 15) is 0 Å². The summed E-state index contributed by atoms with van der Waals surface area (Å²) in [4.78, 5) is 6.81. The Balaban J connectivity index is 0.00000400. The second-order valence-electron chi connectivity index (χ2n) is 6.65. The molecule has 0 bridgehead atoms. The zero-order valence-corrected chi connectivity index (χ0v) is 16.7. The number of guanidine groups is 1. The van der Waals surface area contributed by atoms with Crippen LogP contribution in [0.4, 0.5) is 0 Å². The second-order valence-corrected chi connectivity index (χ2v) is 6.65. The van der Waals surface area contributed by atoms with E-state index in [2.05, 4.69) is 42.9 Å². The SMILES string of the molecule is CN=C(NCCCOCC(C)C)N1CC(C)CC(C)C1.I. The van der Waals surface area contributed by atoms with Crippen molar-refractivity contribution in [2.45, 2.75) is 40.5 Å². The van der Waals surface area contributed by atoms with Crippen molar-refractivity contribution >= 4 is 29.9 Å². The number of likely N-dealkylation sites (tertiary alicyclic amines) is 1. The Morgan fingerprint density at radius 2 is 1.90 bits per heavy atom. The molecular formula is C16H34IN3O. The number of ether oxygens (including phenoxy) is 1. The van der Waals surface area contributed by atoms with Crippen LogP contribution in [0.2, 0.25) is 0 Å². The fraction of sp³-hybridized carbons (Fsp3) is 0.938. The summed E-state index contributed by atoms with van der Waals surface area (Å²) in [6, 6.07) is 0. The molecule has 0 aromatic carbocycles. The number of nitrogens with zero attached hydrogens (tertiary/aromatic N) is 2. The molecule has 2 unspecified atom stereocenters. The first-order chi connectivity index (χ1) is 9.52. The number of nitrogens with one attached hydrogen (secondary N) is 1. The van der Waals surface area contributed by atoms with Crippen LogP contribution < -0.4 is 5.32 Å². The standard InChI is InChI=1S/C16H33N3O.HI/c1-13(2)12-20-8-6-7-18-16(17-5)19-10-14(3)9-15(4)11-19;/h13-15H,6-12H2,1-5H3,(H,17,18);1H. The van der Waals surface area contributed by atoms with Gasteiger partial charge in [-0.1, -0.05) is 27.7 Å². The fourth-order valence-electron chi connectivity index (χ4n) is 2.86. The van der Waals surface area contributed by atoms with Gasteiger partial charge in [-0.2, -0.15) is 0 Å². The monoisotopic (exact) mass is 411 g/mol. The number of halogens is 1. The maximum Gasteiger partial charge on any atom is 0.193 e. The molecule has 0 aromatic heterocycles. The normalized spacial score (nSPS) is 23.1. The van der Waals surface area contributed by atoms with Gasteiger partial charge in [-0.05, 0) is 30.6 Å². The molecule has 126 valence electrons. The van der Waals surface area contributed by atoms with Crippen molar-refractivity contribution in [2.24, 2.45) is 22.7 Å². The summed E-state index contributed by atoms with van der Waals surface area (Å²) in [6.07, 6.45) is 2.36. The molecule has 0 saturated carbocycles. The number of hydrogen-bond acceptors (Lipinski definition) is 2. The molecule has 0 radical (unpaired) electrons. The third-order valence-corrected chi connectivity index (χ3v) is 3.58. The van der Waals surface area contributed by atoms with Crippen LogP contribution in [-0.2, 0) is 4.74 Å². The van der Waals surface area contributed by atoms with Crippen molar-refractivity contribution in [3.63, 3.8) is 0 Å². The first kappa shape index (κ1) is 21.0.